The van der Waals surface area contributed by atoms with Gasteiger partial charge in [-0.2, -0.15) is 5.10 Å². The minimum Gasteiger partial charge on any atom is -0.274 e. The van der Waals surface area contributed by atoms with Gasteiger partial charge in [0.25, 0.3) is 0 Å². The Balaban J connectivity index is 1.95. The van der Waals surface area contributed by atoms with Gasteiger partial charge in [-0.25, -0.2) is 5.43 Å². The number of carbonyl (C=O) groups is 1. The van der Waals surface area contributed by atoms with E-state index < -0.39 is 0 Å². The summed E-state index contributed by atoms with van der Waals surface area (Å²) in [6.07, 6.45) is 5.45. The number of amides is 1. The van der Waals surface area contributed by atoms with E-state index in [1.807, 2.05) is 6.92 Å². The second-order valence-electron chi connectivity index (χ2n) is 4.70. The van der Waals surface area contributed by atoms with Gasteiger partial charge in [0, 0.05) is 18.6 Å². The number of rotatable bonds is 2. The summed E-state index contributed by atoms with van der Waals surface area (Å²) in [5.41, 5.74) is 3.65. The monoisotopic (exact) mass is 194 g/mol. The maximum absolute atomic E-state index is 10.7. The standard InChI is InChI=1S/C11H18N2O/c1-7(12-13-8(2)14)11-6-9-3-4-10(11)5-9/h9-11H,3-6H2,1-2H3,(H,13,14)/b12-7+/t9-,10-,11+/m0/s1. The number of nitrogens with zero attached hydrogens (tertiary/aromatic N) is 1. The minimum atomic E-state index is -0.0764. The van der Waals surface area contributed by atoms with Crippen LogP contribution >= 0.6 is 0 Å². The minimum absolute atomic E-state index is 0.0764. The molecule has 0 unspecified atom stereocenters. The van der Waals surface area contributed by atoms with Crippen molar-refractivity contribution in [2.24, 2.45) is 22.9 Å². The first kappa shape index (κ1) is 9.69. The molecule has 0 heterocycles. The van der Waals surface area contributed by atoms with Crippen molar-refractivity contribution >= 4 is 11.6 Å². The highest BCUT2D eigenvalue weighted by atomic mass is 16.2. The Kier molecular flexibility index (Phi) is 2.57. The highest BCUT2D eigenvalue weighted by Gasteiger charge is 2.40. The third-order valence-electron chi connectivity index (χ3n) is 3.66. The molecule has 2 saturated carbocycles. The lowest BCUT2D eigenvalue weighted by Crippen LogP contribution is -2.23. The van der Waals surface area contributed by atoms with Crippen LogP contribution in [0.3, 0.4) is 0 Å². The molecule has 2 aliphatic carbocycles. The van der Waals surface area contributed by atoms with Gasteiger partial charge in [0.05, 0.1) is 0 Å². The molecule has 78 valence electrons. The fourth-order valence-corrected chi connectivity index (χ4v) is 3.01. The van der Waals surface area contributed by atoms with E-state index in [0.29, 0.717) is 5.92 Å². The maximum atomic E-state index is 10.7. The number of hydrogen-bond donors (Lipinski definition) is 1. The molecule has 2 aliphatic rings. The van der Waals surface area contributed by atoms with E-state index in [2.05, 4.69) is 10.5 Å². The fourth-order valence-electron chi connectivity index (χ4n) is 3.01. The molecule has 2 fully saturated rings. The normalized spacial score (nSPS) is 36.1. The van der Waals surface area contributed by atoms with Crippen LogP contribution in [0.5, 0.6) is 0 Å². The highest BCUT2D eigenvalue weighted by Crippen LogP contribution is 2.48. The molecule has 0 aliphatic heterocycles. The molecular formula is C11H18N2O. The third-order valence-corrected chi connectivity index (χ3v) is 3.66. The van der Waals surface area contributed by atoms with Crippen molar-refractivity contribution in [3.63, 3.8) is 0 Å². The Bertz CT molecular complexity index is 272. The van der Waals surface area contributed by atoms with Gasteiger partial charge in [-0.3, -0.25) is 4.79 Å². The van der Waals surface area contributed by atoms with Crippen molar-refractivity contribution in [3.8, 4) is 0 Å². The van der Waals surface area contributed by atoms with Crippen molar-refractivity contribution in [1.82, 2.24) is 5.43 Å². The van der Waals surface area contributed by atoms with Crippen LogP contribution in [-0.4, -0.2) is 11.6 Å². The predicted molar refractivity (Wildman–Crippen MR) is 55.9 cm³/mol. The summed E-state index contributed by atoms with van der Waals surface area (Å²) in [7, 11) is 0. The summed E-state index contributed by atoms with van der Waals surface area (Å²) in [5.74, 6) is 2.35. The van der Waals surface area contributed by atoms with Crippen LogP contribution in [-0.2, 0) is 4.79 Å². The van der Waals surface area contributed by atoms with Gasteiger partial charge < -0.3 is 0 Å². The highest BCUT2D eigenvalue weighted by molar-refractivity contribution is 5.86. The molecule has 1 amide bonds. The molecule has 1 N–H and O–H groups in total. The van der Waals surface area contributed by atoms with Crippen molar-refractivity contribution < 1.29 is 4.79 Å². The van der Waals surface area contributed by atoms with Gasteiger partial charge in [-0.15, -0.1) is 0 Å². The van der Waals surface area contributed by atoms with Crippen LogP contribution in [0, 0.1) is 17.8 Å². The van der Waals surface area contributed by atoms with Gasteiger partial charge in [0.1, 0.15) is 0 Å². The molecule has 0 aromatic carbocycles. The van der Waals surface area contributed by atoms with Crippen LogP contribution in [0.1, 0.15) is 39.5 Å². The summed E-state index contributed by atoms with van der Waals surface area (Å²) in [6, 6.07) is 0. The maximum Gasteiger partial charge on any atom is 0.236 e. The lowest BCUT2D eigenvalue weighted by molar-refractivity contribution is -0.118. The van der Waals surface area contributed by atoms with Crippen LogP contribution in [0.15, 0.2) is 5.10 Å². The number of carbonyl (C=O) groups excluding carboxylic acids is 1. The molecule has 2 bridgehead atoms. The molecule has 3 heteroatoms. The number of fused-ring (bicyclic) bond motifs is 2. The molecule has 0 aromatic heterocycles. The van der Waals surface area contributed by atoms with Crippen LogP contribution in [0.4, 0.5) is 0 Å². The summed E-state index contributed by atoms with van der Waals surface area (Å²) in [6.45, 7) is 3.54. The van der Waals surface area contributed by atoms with E-state index >= 15 is 0 Å². The Morgan fingerprint density at radius 2 is 2.07 bits per heavy atom. The second-order valence-corrected chi connectivity index (χ2v) is 4.70. The van der Waals surface area contributed by atoms with E-state index in [1.165, 1.54) is 32.6 Å². The number of nitrogens with one attached hydrogen (secondary N) is 1. The van der Waals surface area contributed by atoms with E-state index in [0.717, 1.165) is 17.5 Å². The summed E-state index contributed by atoms with van der Waals surface area (Å²) >= 11 is 0. The molecule has 14 heavy (non-hydrogen) atoms. The van der Waals surface area contributed by atoms with Crippen LogP contribution in [0.25, 0.3) is 0 Å². The van der Waals surface area contributed by atoms with Crippen molar-refractivity contribution in [3.05, 3.63) is 0 Å². The zero-order valence-corrected chi connectivity index (χ0v) is 8.92. The average molecular weight is 194 g/mol. The quantitative estimate of drug-likeness (QED) is 0.529. The van der Waals surface area contributed by atoms with E-state index in [9.17, 15) is 4.79 Å². The van der Waals surface area contributed by atoms with Crippen molar-refractivity contribution in [2.45, 2.75) is 39.5 Å². The molecule has 3 nitrogen and oxygen atoms in total. The lowest BCUT2D eigenvalue weighted by Gasteiger charge is -2.20. The Morgan fingerprint density at radius 3 is 2.57 bits per heavy atom. The van der Waals surface area contributed by atoms with Gasteiger partial charge in [-0.1, -0.05) is 6.42 Å². The Labute approximate surface area is 85.0 Å². The SMILES string of the molecule is CC(=O)N/N=C(\C)[C@H]1C[C@H]2CC[C@H]1C2. The smallest absolute Gasteiger partial charge is 0.236 e. The fraction of sp³-hybridized carbons (Fsp3) is 0.818. The molecule has 0 saturated heterocycles. The Hall–Kier alpha value is -0.860. The third kappa shape index (κ3) is 1.81. The van der Waals surface area contributed by atoms with Crippen LogP contribution < -0.4 is 5.43 Å². The van der Waals surface area contributed by atoms with Gasteiger partial charge in [0.15, 0.2) is 0 Å². The lowest BCUT2D eigenvalue weighted by atomic mass is 9.86. The topological polar surface area (TPSA) is 41.5 Å². The first-order valence-electron chi connectivity index (χ1n) is 5.47. The number of hydrazone groups is 1. The zero-order chi connectivity index (χ0) is 10.1. The van der Waals surface area contributed by atoms with Crippen molar-refractivity contribution in [2.75, 3.05) is 0 Å². The summed E-state index contributed by atoms with van der Waals surface area (Å²) < 4.78 is 0. The Morgan fingerprint density at radius 1 is 1.29 bits per heavy atom. The summed E-state index contributed by atoms with van der Waals surface area (Å²) in [4.78, 5) is 10.7. The number of hydrogen-bond acceptors (Lipinski definition) is 2. The molecular weight excluding hydrogens is 176 g/mol. The first-order chi connectivity index (χ1) is 6.66. The average Bonchev–Trinajstić information content (AvgIpc) is 2.74. The van der Waals surface area contributed by atoms with Crippen molar-refractivity contribution in [1.29, 1.82) is 0 Å². The van der Waals surface area contributed by atoms with Crippen LogP contribution in [0.2, 0.25) is 0 Å². The molecule has 0 aromatic rings. The van der Waals surface area contributed by atoms with Gasteiger partial charge >= 0.3 is 0 Å². The molecule has 0 spiro atoms. The largest absolute Gasteiger partial charge is 0.274 e. The second kappa shape index (κ2) is 3.71. The van der Waals surface area contributed by atoms with E-state index in [1.54, 1.807) is 0 Å². The first-order valence-corrected chi connectivity index (χ1v) is 5.47. The zero-order valence-electron chi connectivity index (χ0n) is 8.92. The predicted octanol–water partition coefficient (Wildman–Crippen LogP) is 1.93. The van der Waals surface area contributed by atoms with Gasteiger partial charge in [0.2, 0.25) is 5.91 Å². The molecule has 2 rings (SSSR count). The van der Waals surface area contributed by atoms with E-state index in [-0.39, 0.29) is 5.91 Å². The van der Waals surface area contributed by atoms with E-state index in [4.69, 9.17) is 0 Å². The van der Waals surface area contributed by atoms with Gasteiger partial charge in [-0.05, 0) is 38.0 Å². The summed E-state index contributed by atoms with van der Waals surface area (Å²) in [5, 5.41) is 4.14. The molecule has 0 radical (unpaired) electrons. The molecule has 3 atom stereocenters.